The van der Waals surface area contributed by atoms with Gasteiger partial charge in [-0.2, -0.15) is 0 Å². The first-order valence-corrected chi connectivity index (χ1v) is 15.1. The Hall–Kier alpha value is -4.26. The summed E-state index contributed by atoms with van der Waals surface area (Å²) >= 11 is 0. The number of fused-ring (bicyclic) bond motifs is 1. The highest BCUT2D eigenvalue weighted by atomic mass is 16.2. The van der Waals surface area contributed by atoms with E-state index < -0.39 is 6.04 Å². The van der Waals surface area contributed by atoms with Crippen LogP contribution in [0.4, 0.5) is 0 Å². The second-order valence-corrected chi connectivity index (χ2v) is 11.5. The molecule has 3 aromatic rings. The van der Waals surface area contributed by atoms with Crippen LogP contribution in [0, 0.1) is 6.92 Å². The summed E-state index contributed by atoms with van der Waals surface area (Å²) in [7, 11) is 0. The Morgan fingerprint density at radius 1 is 0.833 bits per heavy atom. The molecule has 0 bridgehead atoms. The molecule has 42 heavy (non-hydrogen) atoms. The first kappa shape index (κ1) is 29.2. The maximum absolute atomic E-state index is 14.0. The summed E-state index contributed by atoms with van der Waals surface area (Å²) in [5, 5.41) is 3.26. The minimum Gasteiger partial charge on any atom is -0.352 e. The lowest BCUT2D eigenvalue weighted by Crippen LogP contribution is -2.52. The summed E-state index contributed by atoms with van der Waals surface area (Å²) in [6, 6.07) is 24.0. The average Bonchev–Trinajstić information content (AvgIpc) is 3.25. The number of nitrogens with zero attached hydrogens (tertiary/aromatic N) is 2. The second-order valence-electron chi connectivity index (χ2n) is 11.5. The van der Waals surface area contributed by atoms with Crippen LogP contribution < -0.4 is 5.32 Å². The number of carbonyl (C=O) groups is 4. The normalized spacial score (nSPS) is 15.8. The number of imide groups is 1. The Morgan fingerprint density at radius 2 is 1.45 bits per heavy atom. The monoisotopic (exact) mass is 565 g/mol. The van der Waals surface area contributed by atoms with Gasteiger partial charge in [0.15, 0.2) is 0 Å². The van der Waals surface area contributed by atoms with Gasteiger partial charge in [0.25, 0.3) is 11.8 Å². The number of carbonyl (C=O) groups excluding carboxylic acids is 4. The molecule has 1 aliphatic carbocycles. The van der Waals surface area contributed by atoms with Crippen LogP contribution in [0.25, 0.3) is 0 Å². The van der Waals surface area contributed by atoms with Gasteiger partial charge >= 0.3 is 0 Å². The maximum Gasteiger partial charge on any atom is 0.261 e. The molecule has 4 amide bonds. The fourth-order valence-electron chi connectivity index (χ4n) is 5.96. The van der Waals surface area contributed by atoms with Crippen molar-refractivity contribution in [1.29, 1.82) is 0 Å². The molecule has 0 spiro atoms. The zero-order valence-corrected chi connectivity index (χ0v) is 24.3. The number of nitrogens with one attached hydrogen (secondary N) is 1. The third kappa shape index (κ3) is 6.96. The fraction of sp³-hybridized carbons (Fsp3) is 0.371. The van der Waals surface area contributed by atoms with Crippen LogP contribution in [0.2, 0.25) is 0 Å². The van der Waals surface area contributed by atoms with Gasteiger partial charge in [0.2, 0.25) is 11.8 Å². The predicted molar refractivity (Wildman–Crippen MR) is 162 cm³/mol. The van der Waals surface area contributed by atoms with Crippen molar-refractivity contribution in [1.82, 2.24) is 15.1 Å². The molecule has 0 aromatic heterocycles. The molecule has 1 atom stereocenters. The van der Waals surface area contributed by atoms with Gasteiger partial charge < -0.3 is 10.2 Å². The van der Waals surface area contributed by atoms with Crippen molar-refractivity contribution in [3.63, 3.8) is 0 Å². The Balaban J connectivity index is 1.35. The highest BCUT2D eigenvalue weighted by molar-refractivity contribution is 6.21. The van der Waals surface area contributed by atoms with Crippen LogP contribution in [0.3, 0.4) is 0 Å². The van der Waals surface area contributed by atoms with E-state index >= 15 is 0 Å². The molecule has 7 nitrogen and oxygen atoms in total. The standard InChI is InChI=1S/C35H39N3O4/c1-25-18-20-27(21-19-25)24-38(32(39)17-10-22-37-34(41)29-15-8-9-16-30(29)35(37)42)31(23-26-11-4-2-5-12-26)33(40)36-28-13-6-3-7-14-28/h2,4-5,8-9,11-12,15-16,18-21,28,31H,3,6-7,10,13-14,17,22-24H2,1H3,(H,36,40)/t31-/m1/s1. The van der Waals surface area contributed by atoms with Gasteiger partial charge in [-0.1, -0.05) is 91.6 Å². The number of amides is 4. The van der Waals surface area contributed by atoms with E-state index in [2.05, 4.69) is 5.32 Å². The zero-order valence-electron chi connectivity index (χ0n) is 24.3. The zero-order chi connectivity index (χ0) is 29.5. The number of aryl methyl sites for hydroxylation is 1. The van der Waals surface area contributed by atoms with Crippen molar-refractivity contribution in [2.24, 2.45) is 0 Å². The Bertz CT molecular complexity index is 1380. The van der Waals surface area contributed by atoms with Crippen molar-refractivity contribution in [3.05, 3.63) is 107 Å². The molecule has 1 N–H and O–H groups in total. The van der Waals surface area contributed by atoms with Gasteiger partial charge in [-0.05, 0) is 49.4 Å². The van der Waals surface area contributed by atoms with Gasteiger partial charge in [-0.3, -0.25) is 24.1 Å². The highest BCUT2D eigenvalue weighted by Gasteiger charge is 2.36. The number of benzene rings is 3. The summed E-state index contributed by atoms with van der Waals surface area (Å²) < 4.78 is 0. The molecule has 0 unspecified atom stereocenters. The van der Waals surface area contributed by atoms with Gasteiger partial charge in [-0.25, -0.2) is 0 Å². The lowest BCUT2D eigenvalue weighted by atomic mass is 9.94. The minimum absolute atomic E-state index is 0.112. The van der Waals surface area contributed by atoms with Crippen molar-refractivity contribution < 1.29 is 19.2 Å². The third-order valence-electron chi connectivity index (χ3n) is 8.35. The molecule has 3 aromatic carbocycles. The molecule has 1 saturated carbocycles. The molecule has 1 heterocycles. The number of hydrogen-bond donors (Lipinski definition) is 1. The van der Waals surface area contributed by atoms with E-state index in [1.54, 1.807) is 29.2 Å². The van der Waals surface area contributed by atoms with Crippen molar-refractivity contribution in [2.45, 2.75) is 76.9 Å². The van der Waals surface area contributed by atoms with Crippen LogP contribution in [0.1, 0.15) is 82.4 Å². The van der Waals surface area contributed by atoms with Gasteiger partial charge in [0.05, 0.1) is 11.1 Å². The molecule has 2 aliphatic rings. The van der Waals surface area contributed by atoms with E-state index in [-0.39, 0.29) is 42.6 Å². The Kier molecular flexibility index (Phi) is 9.47. The largest absolute Gasteiger partial charge is 0.352 e. The van der Waals surface area contributed by atoms with Crippen LogP contribution in [-0.2, 0) is 22.6 Å². The van der Waals surface area contributed by atoms with Crippen LogP contribution in [0.15, 0.2) is 78.9 Å². The predicted octanol–water partition coefficient (Wildman–Crippen LogP) is 5.46. The van der Waals surface area contributed by atoms with E-state index in [1.165, 1.54) is 11.3 Å². The van der Waals surface area contributed by atoms with Crippen molar-refractivity contribution in [2.75, 3.05) is 6.54 Å². The SMILES string of the molecule is Cc1ccc(CN(C(=O)CCCN2C(=O)c3ccccc3C2=O)[C@H](Cc2ccccc2)C(=O)NC2CCCCC2)cc1. The minimum atomic E-state index is -0.692. The summed E-state index contributed by atoms with van der Waals surface area (Å²) in [5.74, 6) is -0.958. The van der Waals surface area contributed by atoms with E-state index in [0.29, 0.717) is 30.5 Å². The topological polar surface area (TPSA) is 86.8 Å². The van der Waals surface area contributed by atoms with E-state index in [4.69, 9.17) is 0 Å². The smallest absolute Gasteiger partial charge is 0.261 e. The molecule has 0 radical (unpaired) electrons. The number of rotatable bonds is 11. The van der Waals surface area contributed by atoms with Crippen LogP contribution in [-0.4, -0.2) is 52.1 Å². The van der Waals surface area contributed by atoms with E-state index in [1.807, 2.05) is 61.5 Å². The van der Waals surface area contributed by atoms with Gasteiger partial charge in [0.1, 0.15) is 6.04 Å². The third-order valence-corrected chi connectivity index (χ3v) is 8.35. The molecular weight excluding hydrogens is 526 g/mol. The second kappa shape index (κ2) is 13.6. The van der Waals surface area contributed by atoms with Crippen LogP contribution in [0.5, 0.6) is 0 Å². The number of hydrogen-bond acceptors (Lipinski definition) is 4. The summed E-state index contributed by atoms with van der Waals surface area (Å²) in [6.45, 7) is 2.46. The first-order valence-electron chi connectivity index (χ1n) is 15.1. The summed E-state index contributed by atoms with van der Waals surface area (Å²) in [6.07, 6.45) is 6.11. The maximum atomic E-state index is 14.0. The first-order chi connectivity index (χ1) is 20.4. The van der Waals surface area contributed by atoms with Crippen molar-refractivity contribution >= 4 is 23.6 Å². The van der Waals surface area contributed by atoms with Gasteiger partial charge in [-0.15, -0.1) is 0 Å². The molecule has 0 saturated heterocycles. The summed E-state index contributed by atoms with van der Waals surface area (Å²) in [5.41, 5.74) is 3.84. The molecular formula is C35H39N3O4. The molecule has 7 heteroatoms. The summed E-state index contributed by atoms with van der Waals surface area (Å²) in [4.78, 5) is 56.4. The molecule has 5 rings (SSSR count). The Morgan fingerprint density at radius 3 is 2.10 bits per heavy atom. The molecule has 218 valence electrons. The fourth-order valence-corrected chi connectivity index (χ4v) is 5.96. The highest BCUT2D eigenvalue weighted by Crippen LogP contribution is 2.24. The molecule has 1 fully saturated rings. The van der Waals surface area contributed by atoms with E-state index in [0.717, 1.165) is 42.4 Å². The lowest BCUT2D eigenvalue weighted by molar-refractivity contribution is -0.141. The van der Waals surface area contributed by atoms with E-state index in [9.17, 15) is 19.2 Å². The quantitative estimate of drug-likeness (QED) is 0.313. The van der Waals surface area contributed by atoms with Gasteiger partial charge in [0, 0.05) is 32.0 Å². The average molecular weight is 566 g/mol. The van der Waals surface area contributed by atoms with Crippen LogP contribution >= 0.6 is 0 Å². The Labute approximate surface area is 247 Å². The lowest BCUT2D eigenvalue weighted by Gasteiger charge is -2.33. The molecule has 1 aliphatic heterocycles. The van der Waals surface area contributed by atoms with Crippen molar-refractivity contribution in [3.8, 4) is 0 Å².